The van der Waals surface area contributed by atoms with Gasteiger partial charge in [-0.15, -0.1) is 0 Å². The fraction of sp³-hybridized carbons (Fsp3) is 0.909. The van der Waals surface area contributed by atoms with Crippen LogP contribution in [0.3, 0.4) is 0 Å². The molecule has 1 atom stereocenters. The monoisotopic (exact) mass is 202 g/mol. The van der Waals surface area contributed by atoms with Crippen LogP contribution in [0.1, 0.15) is 52.4 Å². The average molecular weight is 202 g/mol. The van der Waals surface area contributed by atoms with Crippen molar-refractivity contribution >= 4 is 5.97 Å². The quantitative estimate of drug-likeness (QED) is 0.594. The van der Waals surface area contributed by atoms with Gasteiger partial charge in [0.25, 0.3) is 0 Å². The first-order valence-electron chi connectivity index (χ1n) is 5.47. The van der Waals surface area contributed by atoms with Crippen LogP contribution in [-0.2, 0) is 4.79 Å². The molecule has 3 heteroatoms. The van der Waals surface area contributed by atoms with E-state index in [1.54, 1.807) is 0 Å². The third-order valence-corrected chi connectivity index (χ3v) is 2.94. The highest BCUT2D eigenvalue weighted by atomic mass is 16.4. The van der Waals surface area contributed by atoms with Crippen LogP contribution < -0.4 is 0 Å². The lowest BCUT2D eigenvalue weighted by molar-refractivity contribution is -0.152. The Morgan fingerprint density at radius 3 is 2.21 bits per heavy atom. The van der Waals surface area contributed by atoms with Crippen molar-refractivity contribution in [2.45, 2.75) is 52.4 Å². The second-order valence-electron chi connectivity index (χ2n) is 3.91. The highest BCUT2D eigenvalue weighted by Gasteiger charge is 2.35. The largest absolute Gasteiger partial charge is 0.481 e. The van der Waals surface area contributed by atoms with Crippen molar-refractivity contribution in [3.05, 3.63) is 0 Å². The van der Waals surface area contributed by atoms with E-state index >= 15 is 0 Å². The summed E-state index contributed by atoms with van der Waals surface area (Å²) in [5.74, 6) is -0.862. The Morgan fingerprint density at radius 1 is 1.21 bits per heavy atom. The molecule has 0 amide bonds. The molecule has 84 valence electrons. The summed E-state index contributed by atoms with van der Waals surface area (Å²) in [5.41, 5.74) is -0.895. The molecule has 0 heterocycles. The van der Waals surface area contributed by atoms with Gasteiger partial charge in [0.05, 0.1) is 12.0 Å². The number of carboxylic acid groups (broad SMARTS) is 1. The van der Waals surface area contributed by atoms with Crippen molar-refractivity contribution in [1.82, 2.24) is 0 Å². The summed E-state index contributed by atoms with van der Waals surface area (Å²) < 4.78 is 0. The highest BCUT2D eigenvalue weighted by Crippen LogP contribution is 2.28. The van der Waals surface area contributed by atoms with E-state index in [1.165, 1.54) is 0 Å². The van der Waals surface area contributed by atoms with Gasteiger partial charge in [-0.2, -0.15) is 0 Å². The average Bonchev–Trinajstić information content (AvgIpc) is 2.18. The summed E-state index contributed by atoms with van der Waals surface area (Å²) in [4.78, 5) is 11.0. The Kier molecular flexibility index (Phi) is 6.54. The maximum Gasteiger partial charge on any atom is 0.311 e. The van der Waals surface area contributed by atoms with E-state index in [0.717, 1.165) is 25.7 Å². The molecular formula is C11H22O3. The van der Waals surface area contributed by atoms with Crippen molar-refractivity contribution in [1.29, 1.82) is 0 Å². The molecule has 0 aliphatic carbocycles. The second kappa shape index (κ2) is 6.82. The molecule has 0 radical (unpaired) electrons. The Morgan fingerprint density at radius 2 is 1.86 bits per heavy atom. The van der Waals surface area contributed by atoms with Crippen LogP contribution in [0.25, 0.3) is 0 Å². The van der Waals surface area contributed by atoms with Crippen molar-refractivity contribution in [3.63, 3.8) is 0 Å². The summed E-state index contributed by atoms with van der Waals surface area (Å²) in [7, 11) is 0. The SMILES string of the molecule is CCCCCCC(CC)(CO)C(=O)O. The van der Waals surface area contributed by atoms with Gasteiger partial charge in [0, 0.05) is 0 Å². The molecule has 2 N–H and O–H groups in total. The number of aliphatic carboxylic acids is 1. The number of hydrogen-bond acceptors (Lipinski definition) is 2. The van der Waals surface area contributed by atoms with E-state index in [4.69, 9.17) is 10.2 Å². The van der Waals surface area contributed by atoms with Crippen molar-refractivity contribution in [2.24, 2.45) is 5.41 Å². The maximum atomic E-state index is 11.0. The van der Waals surface area contributed by atoms with Gasteiger partial charge < -0.3 is 10.2 Å². The van der Waals surface area contributed by atoms with Crippen molar-refractivity contribution in [3.8, 4) is 0 Å². The predicted octanol–water partition coefficient (Wildman–Crippen LogP) is 2.43. The van der Waals surface area contributed by atoms with Gasteiger partial charge in [0.2, 0.25) is 0 Å². The van der Waals surface area contributed by atoms with Crippen LogP contribution >= 0.6 is 0 Å². The number of aliphatic hydroxyl groups excluding tert-OH is 1. The van der Waals surface area contributed by atoms with Gasteiger partial charge in [0.15, 0.2) is 0 Å². The Bertz CT molecular complexity index is 162. The number of carboxylic acids is 1. The number of rotatable bonds is 8. The number of hydrogen-bond donors (Lipinski definition) is 2. The fourth-order valence-corrected chi connectivity index (χ4v) is 1.58. The van der Waals surface area contributed by atoms with Crippen molar-refractivity contribution < 1.29 is 15.0 Å². The van der Waals surface area contributed by atoms with E-state index in [0.29, 0.717) is 12.8 Å². The lowest BCUT2D eigenvalue weighted by Gasteiger charge is -2.25. The Labute approximate surface area is 86.1 Å². The third-order valence-electron chi connectivity index (χ3n) is 2.94. The zero-order chi connectivity index (χ0) is 11.0. The molecular weight excluding hydrogens is 180 g/mol. The van der Waals surface area contributed by atoms with Gasteiger partial charge in [-0.3, -0.25) is 4.79 Å². The van der Waals surface area contributed by atoms with E-state index in [-0.39, 0.29) is 6.61 Å². The van der Waals surface area contributed by atoms with Crippen LogP contribution in [0.4, 0.5) is 0 Å². The van der Waals surface area contributed by atoms with Gasteiger partial charge >= 0.3 is 5.97 Å². The number of carbonyl (C=O) groups is 1. The lowest BCUT2D eigenvalue weighted by Crippen LogP contribution is -2.34. The summed E-state index contributed by atoms with van der Waals surface area (Å²) in [6.07, 6.45) is 5.34. The van der Waals surface area contributed by atoms with Crippen LogP contribution in [0, 0.1) is 5.41 Å². The minimum atomic E-state index is -0.895. The van der Waals surface area contributed by atoms with E-state index in [9.17, 15) is 4.79 Å². The molecule has 0 saturated carbocycles. The minimum Gasteiger partial charge on any atom is -0.481 e. The number of aliphatic hydroxyl groups is 1. The number of unbranched alkanes of at least 4 members (excludes halogenated alkanes) is 3. The molecule has 0 bridgehead atoms. The molecule has 0 spiro atoms. The summed E-state index contributed by atoms with van der Waals surface area (Å²) >= 11 is 0. The summed E-state index contributed by atoms with van der Waals surface area (Å²) in [5, 5.41) is 18.1. The topological polar surface area (TPSA) is 57.5 Å². The van der Waals surface area contributed by atoms with Crippen LogP contribution in [-0.4, -0.2) is 22.8 Å². The first-order valence-corrected chi connectivity index (χ1v) is 5.47. The fourth-order valence-electron chi connectivity index (χ4n) is 1.58. The van der Waals surface area contributed by atoms with Crippen molar-refractivity contribution in [2.75, 3.05) is 6.61 Å². The molecule has 3 nitrogen and oxygen atoms in total. The molecule has 0 aliphatic heterocycles. The van der Waals surface area contributed by atoms with Gasteiger partial charge in [-0.25, -0.2) is 0 Å². The highest BCUT2D eigenvalue weighted by molar-refractivity contribution is 5.74. The molecule has 0 saturated heterocycles. The van der Waals surface area contributed by atoms with Crippen LogP contribution in [0.15, 0.2) is 0 Å². The molecule has 0 fully saturated rings. The lowest BCUT2D eigenvalue weighted by atomic mass is 9.81. The predicted molar refractivity (Wildman–Crippen MR) is 56.2 cm³/mol. The van der Waals surface area contributed by atoms with Crippen LogP contribution in [0.5, 0.6) is 0 Å². The van der Waals surface area contributed by atoms with Gasteiger partial charge in [-0.05, 0) is 12.8 Å². The Hall–Kier alpha value is -0.570. The second-order valence-corrected chi connectivity index (χ2v) is 3.91. The van der Waals surface area contributed by atoms with Gasteiger partial charge in [-0.1, -0.05) is 39.5 Å². The first-order chi connectivity index (χ1) is 6.63. The molecule has 0 aliphatic rings. The third kappa shape index (κ3) is 3.66. The van der Waals surface area contributed by atoms with Crippen LogP contribution in [0.2, 0.25) is 0 Å². The molecule has 0 rings (SSSR count). The standard InChI is InChI=1S/C11H22O3/c1-3-5-6-7-8-11(4-2,9-12)10(13)14/h12H,3-9H2,1-2H3,(H,13,14). The first kappa shape index (κ1) is 13.4. The minimum absolute atomic E-state index is 0.245. The molecule has 1 unspecified atom stereocenters. The molecule has 14 heavy (non-hydrogen) atoms. The summed E-state index contributed by atoms with van der Waals surface area (Å²) in [6, 6.07) is 0. The molecule has 0 aromatic carbocycles. The Balaban J connectivity index is 4.02. The zero-order valence-corrected chi connectivity index (χ0v) is 9.25. The zero-order valence-electron chi connectivity index (χ0n) is 9.25. The molecule has 0 aromatic rings. The normalized spacial score (nSPS) is 15.1. The summed E-state index contributed by atoms with van der Waals surface area (Å²) in [6.45, 7) is 3.70. The smallest absolute Gasteiger partial charge is 0.311 e. The maximum absolute atomic E-state index is 11.0. The van der Waals surface area contributed by atoms with E-state index < -0.39 is 11.4 Å². The van der Waals surface area contributed by atoms with E-state index in [2.05, 4.69) is 6.92 Å². The van der Waals surface area contributed by atoms with E-state index in [1.807, 2.05) is 6.92 Å². The van der Waals surface area contributed by atoms with Gasteiger partial charge in [0.1, 0.15) is 0 Å². The molecule has 0 aromatic heterocycles.